The maximum atomic E-state index is 11.6. The van der Waals surface area contributed by atoms with Crippen molar-refractivity contribution in [3.8, 4) is 0 Å². The predicted molar refractivity (Wildman–Crippen MR) is 55.3 cm³/mol. The highest BCUT2D eigenvalue weighted by atomic mass is 32.1. The predicted octanol–water partition coefficient (Wildman–Crippen LogP) is 2.91. The van der Waals surface area contributed by atoms with Crippen molar-refractivity contribution >= 4 is 17.1 Å². The summed E-state index contributed by atoms with van der Waals surface area (Å²) in [5.41, 5.74) is 1.74. The van der Waals surface area contributed by atoms with Crippen LogP contribution in [0, 0.1) is 13.8 Å². The molecule has 0 saturated carbocycles. The fourth-order valence-corrected chi connectivity index (χ4v) is 2.00. The normalized spacial score (nSPS) is 10.1. The molecule has 13 heavy (non-hydrogen) atoms. The van der Waals surface area contributed by atoms with Gasteiger partial charge in [0.25, 0.3) is 0 Å². The Morgan fingerprint density at radius 2 is 2.15 bits per heavy atom. The molecule has 0 saturated heterocycles. The van der Waals surface area contributed by atoms with Gasteiger partial charge < -0.3 is 0 Å². The number of carbonyl (C=O) groups excluding carboxylic acids is 1. The van der Waals surface area contributed by atoms with Crippen LogP contribution in [0.4, 0.5) is 0 Å². The van der Waals surface area contributed by atoms with Crippen molar-refractivity contribution in [3.63, 3.8) is 0 Å². The van der Waals surface area contributed by atoms with E-state index in [0.717, 1.165) is 21.2 Å². The number of aryl methyl sites for hydroxylation is 2. The third-order valence-corrected chi connectivity index (χ3v) is 2.73. The molecule has 0 atom stereocenters. The van der Waals surface area contributed by atoms with Crippen molar-refractivity contribution in [1.82, 2.24) is 4.98 Å². The Labute approximate surface area is 82.3 Å². The number of Topliss-reactive ketones (excluding diaryl/α,β-unsaturated/α-hetero) is 1. The van der Waals surface area contributed by atoms with Gasteiger partial charge in [0.2, 0.25) is 0 Å². The smallest absolute Gasteiger partial charge is 0.178 e. The van der Waals surface area contributed by atoms with Gasteiger partial charge in [-0.3, -0.25) is 4.79 Å². The van der Waals surface area contributed by atoms with E-state index in [4.69, 9.17) is 0 Å². The maximum absolute atomic E-state index is 11.6. The zero-order valence-corrected chi connectivity index (χ0v) is 8.99. The summed E-state index contributed by atoms with van der Waals surface area (Å²) in [4.78, 5) is 16.6. The summed E-state index contributed by atoms with van der Waals surface area (Å²) in [6.45, 7) is 9.36. The lowest BCUT2D eigenvalue weighted by molar-refractivity contribution is 0.0996. The third kappa shape index (κ3) is 2.49. The Morgan fingerprint density at radius 3 is 2.54 bits per heavy atom. The van der Waals surface area contributed by atoms with Gasteiger partial charge >= 0.3 is 0 Å². The zero-order valence-electron chi connectivity index (χ0n) is 8.18. The van der Waals surface area contributed by atoms with E-state index in [-0.39, 0.29) is 5.78 Å². The van der Waals surface area contributed by atoms with Gasteiger partial charge in [-0.15, -0.1) is 11.3 Å². The second-order valence-electron chi connectivity index (χ2n) is 3.20. The van der Waals surface area contributed by atoms with Crippen LogP contribution >= 0.6 is 11.3 Å². The Bertz CT molecular complexity index is 352. The third-order valence-electron chi connectivity index (χ3n) is 1.62. The monoisotopic (exact) mass is 195 g/mol. The van der Waals surface area contributed by atoms with E-state index in [2.05, 4.69) is 11.6 Å². The number of ketones is 1. The van der Waals surface area contributed by atoms with Crippen LogP contribution in [0.2, 0.25) is 0 Å². The van der Waals surface area contributed by atoms with Gasteiger partial charge in [0.15, 0.2) is 5.78 Å². The quantitative estimate of drug-likeness (QED) is 0.548. The van der Waals surface area contributed by atoms with Gasteiger partial charge in [-0.05, 0) is 20.8 Å². The van der Waals surface area contributed by atoms with Gasteiger partial charge in [0, 0.05) is 6.42 Å². The molecule has 0 amide bonds. The molecule has 2 nitrogen and oxygen atoms in total. The molecule has 1 heterocycles. The van der Waals surface area contributed by atoms with E-state index in [9.17, 15) is 4.79 Å². The average Bonchev–Trinajstić information content (AvgIpc) is 2.28. The number of nitrogens with zero attached hydrogens (tertiary/aromatic N) is 1. The van der Waals surface area contributed by atoms with E-state index in [1.807, 2.05) is 20.8 Å². The van der Waals surface area contributed by atoms with Gasteiger partial charge in [-0.25, -0.2) is 4.98 Å². The van der Waals surface area contributed by atoms with E-state index < -0.39 is 0 Å². The molecule has 0 aliphatic rings. The lowest BCUT2D eigenvalue weighted by Gasteiger charge is -1.96. The zero-order chi connectivity index (χ0) is 10.0. The summed E-state index contributed by atoms with van der Waals surface area (Å²) >= 11 is 1.46. The Hall–Kier alpha value is -0.960. The van der Waals surface area contributed by atoms with Gasteiger partial charge in [0.05, 0.1) is 15.6 Å². The Kier molecular flexibility index (Phi) is 2.98. The van der Waals surface area contributed by atoms with Crippen LogP contribution in [-0.4, -0.2) is 10.8 Å². The minimum Gasteiger partial charge on any atom is -0.293 e. The lowest BCUT2D eigenvalue weighted by Crippen LogP contribution is -1.98. The van der Waals surface area contributed by atoms with Crippen molar-refractivity contribution in [2.45, 2.75) is 27.2 Å². The first kappa shape index (κ1) is 10.1. The van der Waals surface area contributed by atoms with Crippen molar-refractivity contribution < 1.29 is 4.79 Å². The van der Waals surface area contributed by atoms with Crippen LogP contribution in [0.25, 0.3) is 0 Å². The first-order valence-electron chi connectivity index (χ1n) is 4.12. The van der Waals surface area contributed by atoms with E-state index in [1.54, 1.807) is 0 Å². The summed E-state index contributed by atoms with van der Waals surface area (Å²) in [5, 5.41) is 0.947. The molecule has 0 bridgehead atoms. The minimum absolute atomic E-state index is 0.135. The molecule has 1 aromatic heterocycles. The van der Waals surface area contributed by atoms with E-state index in [1.165, 1.54) is 11.3 Å². The standard InChI is InChI=1S/C10H13NOS/c1-6(2)5-9(12)10-7(3)11-8(4)13-10/h1,5H2,2-4H3. The summed E-state index contributed by atoms with van der Waals surface area (Å²) in [6.07, 6.45) is 0.433. The molecule has 3 heteroatoms. The number of thiazole rings is 1. The van der Waals surface area contributed by atoms with E-state index >= 15 is 0 Å². The van der Waals surface area contributed by atoms with Crippen LogP contribution in [0.1, 0.15) is 33.7 Å². The molecular formula is C10H13NOS. The molecule has 0 radical (unpaired) electrons. The number of hydrogen-bond donors (Lipinski definition) is 0. The second kappa shape index (κ2) is 3.83. The van der Waals surface area contributed by atoms with Crippen molar-refractivity contribution in [3.05, 3.63) is 27.7 Å². The number of hydrogen-bond acceptors (Lipinski definition) is 3. The highest BCUT2D eigenvalue weighted by molar-refractivity contribution is 7.13. The fraction of sp³-hybridized carbons (Fsp3) is 0.400. The molecule has 0 fully saturated rings. The van der Waals surface area contributed by atoms with Crippen molar-refractivity contribution in [2.75, 3.05) is 0 Å². The molecule has 1 rings (SSSR count). The fourth-order valence-electron chi connectivity index (χ4n) is 1.14. The molecule has 0 aliphatic heterocycles. The van der Waals surface area contributed by atoms with Crippen LogP contribution in [0.15, 0.2) is 12.2 Å². The van der Waals surface area contributed by atoms with Gasteiger partial charge in [0.1, 0.15) is 0 Å². The largest absolute Gasteiger partial charge is 0.293 e. The second-order valence-corrected chi connectivity index (χ2v) is 4.41. The van der Waals surface area contributed by atoms with E-state index in [0.29, 0.717) is 6.42 Å². The number of rotatable bonds is 3. The van der Waals surface area contributed by atoms with Gasteiger partial charge in [-0.2, -0.15) is 0 Å². The summed E-state index contributed by atoms with van der Waals surface area (Å²) in [5.74, 6) is 0.135. The average molecular weight is 195 g/mol. The van der Waals surface area contributed by atoms with Crippen molar-refractivity contribution in [1.29, 1.82) is 0 Å². The Morgan fingerprint density at radius 1 is 1.54 bits per heavy atom. The molecule has 0 unspecified atom stereocenters. The van der Waals surface area contributed by atoms with Crippen molar-refractivity contribution in [2.24, 2.45) is 0 Å². The van der Waals surface area contributed by atoms with Crippen LogP contribution in [-0.2, 0) is 0 Å². The molecule has 0 aliphatic carbocycles. The summed E-state index contributed by atoms with van der Waals surface area (Å²) < 4.78 is 0. The topological polar surface area (TPSA) is 30.0 Å². The Balaban J connectivity index is 2.88. The highest BCUT2D eigenvalue weighted by Crippen LogP contribution is 2.19. The molecular weight excluding hydrogens is 182 g/mol. The molecule has 0 spiro atoms. The minimum atomic E-state index is 0.135. The van der Waals surface area contributed by atoms with Crippen LogP contribution in [0.3, 0.4) is 0 Å². The number of carbonyl (C=O) groups is 1. The lowest BCUT2D eigenvalue weighted by atomic mass is 10.1. The summed E-state index contributed by atoms with van der Waals surface area (Å²) in [6, 6.07) is 0. The molecule has 0 N–H and O–H groups in total. The first-order valence-corrected chi connectivity index (χ1v) is 4.94. The molecule has 1 aromatic rings. The van der Waals surface area contributed by atoms with Crippen LogP contribution in [0.5, 0.6) is 0 Å². The molecule has 0 aromatic carbocycles. The number of aromatic nitrogens is 1. The highest BCUT2D eigenvalue weighted by Gasteiger charge is 2.13. The maximum Gasteiger partial charge on any atom is 0.178 e. The SMILES string of the molecule is C=C(C)CC(=O)c1sc(C)nc1C. The van der Waals surface area contributed by atoms with Crippen LogP contribution < -0.4 is 0 Å². The number of allylic oxidation sites excluding steroid dienone is 1. The van der Waals surface area contributed by atoms with Gasteiger partial charge in [-0.1, -0.05) is 12.2 Å². The first-order chi connectivity index (χ1) is 6.00. The molecule has 70 valence electrons. The summed E-state index contributed by atoms with van der Waals surface area (Å²) in [7, 11) is 0.